The van der Waals surface area contributed by atoms with Gasteiger partial charge in [0.1, 0.15) is 5.82 Å². The fraction of sp³-hybridized carbons (Fsp3) is 0.143. The van der Waals surface area contributed by atoms with E-state index in [-0.39, 0.29) is 40.1 Å². The van der Waals surface area contributed by atoms with Gasteiger partial charge in [-0.05, 0) is 29.3 Å². The van der Waals surface area contributed by atoms with E-state index in [1.807, 2.05) is 4.72 Å². The summed E-state index contributed by atoms with van der Waals surface area (Å²) in [5, 5.41) is 0. The predicted octanol–water partition coefficient (Wildman–Crippen LogP) is -2.56. The van der Waals surface area contributed by atoms with Crippen LogP contribution in [0.3, 0.4) is 0 Å². The molecule has 0 bridgehead atoms. The Balaban J connectivity index is 0.00000225. The van der Waals surface area contributed by atoms with Crippen molar-refractivity contribution < 1.29 is 51.1 Å². The molecular formula is C7H7FNNaO4S2. The number of hydrogen-bond donors (Lipinski definition) is 1. The smallest absolute Gasteiger partial charge is 0.768 e. The number of hydrogen-bond acceptors (Lipinski definition) is 4. The van der Waals surface area contributed by atoms with E-state index in [9.17, 15) is 21.6 Å². The molecule has 1 aromatic carbocycles. The van der Waals surface area contributed by atoms with Crippen molar-refractivity contribution in [3.63, 3.8) is 0 Å². The molecule has 0 amide bonds. The Hall–Kier alpha value is 0.01000. The maximum absolute atomic E-state index is 13.1. The van der Waals surface area contributed by atoms with Gasteiger partial charge in [-0.1, -0.05) is 0 Å². The molecule has 0 fully saturated rings. The molecule has 0 aliphatic carbocycles. The van der Waals surface area contributed by atoms with Crippen LogP contribution in [0.2, 0.25) is 0 Å². The van der Waals surface area contributed by atoms with Crippen LogP contribution < -0.4 is 34.3 Å². The summed E-state index contributed by atoms with van der Waals surface area (Å²) in [5.74, 6) is -0.942. The zero-order chi connectivity index (χ0) is 11.6. The van der Waals surface area contributed by atoms with Crippen molar-refractivity contribution in [1.82, 2.24) is 0 Å². The van der Waals surface area contributed by atoms with E-state index in [1.165, 1.54) is 0 Å². The third-order valence-corrected chi connectivity index (χ3v) is 2.66. The Morgan fingerprint density at radius 3 is 2.38 bits per heavy atom. The maximum atomic E-state index is 13.1. The molecular weight excluding hydrogens is 268 g/mol. The molecule has 0 aromatic heterocycles. The van der Waals surface area contributed by atoms with Crippen molar-refractivity contribution in [3.8, 4) is 0 Å². The van der Waals surface area contributed by atoms with Gasteiger partial charge in [0.05, 0.1) is 11.9 Å². The molecule has 1 unspecified atom stereocenters. The minimum atomic E-state index is -3.58. The number of nitrogens with one attached hydrogen (secondary N) is 1. The van der Waals surface area contributed by atoms with Crippen molar-refractivity contribution in [3.05, 3.63) is 24.0 Å². The molecule has 9 heteroatoms. The molecule has 0 aliphatic rings. The van der Waals surface area contributed by atoms with Crippen LogP contribution in [0.1, 0.15) is 0 Å². The second-order valence-corrected chi connectivity index (χ2v) is 5.44. The van der Waals surface area contributed by atoms with Crippen LogP contribution in [0, 0.1) is 5.82 Å². The Labute approximate surface area is 117 Å². The third kappa shape index (κ3) is 4.89. The van der Waals surface area contributed by atoms with Crippen molar-refractivity contribution in [1.29, 1.82) is 0 Å². The summed E-state index contributed by atoms with van der Waals surface area (Å²) in [6.07, 6.45) is 0.867. The van der Waals surface area contributed by atoms with Crippen molar-refractivity contribution in [2.45, 2.75) is 4.90 Å². The van der Waals surface area contributed by atoms with E-state index in [1.54, 1.807) is 0 Å². The fourth-order valence-electron chi connectivity index (χ4n) is 0.882. The number of halogens is 1. The summed E-state index contributed by atoms with van der Waals surface area (Å²) in [7, 11) is -3.58. The maximum Gasteiger partial charge on any atom is 1.00 e. The van der Waals surface area contributed by atoms with Gasteiger partial charge in [-0.3, -0.25) is 8.93 Å². The minimum absolute atomic E-state index is 0. The molecule has 0 saturated carbocycles. The van der Waals surface area contributed by atoms with Crippen molar-refractivity contribution >= 4 is 26.8 Å². The molecule has 0 aliphatic heterocycles. The Morgan fingerprint density at radius 2 is 2.00 bits per heavy atom. The van der Waals surface area contributed by atoms with Gasteiger partial charge in [-0.25, -0.2) is 12.8 Å². The topological polar surface area (TPSA) is 86.3 Å². The first-order chi connectivity index (χ1) is 6.79. The first-order valence-corrected chi connectivity index (χ1v) is 6.63. The molecule has 84 valence electrons. The van der Waals surface area contributed by atoms with Crippen LogP contribution in [0.25, 0.3) is 0 Å². The molecule has 16 heavy (non-hydrogen) atoms. The average Bonchev–Trinajstić information content (AvgIpc) is 2.05. The minimum Gasteiger partial charge on any atom is -0.768 e. The van der Waals surface area contributed by atoms with Crippen molar-refractivity contribution in [2.75, 3.05) is 11.0 Å². The SMILES string of the molecule is CS(=O)(=O)Nc1ccc(S(=O)[O-])cc1F.[Na+]. The van der Waals surface area contributed by atoms with Gasteiger partial charge in [0.15, 0.2) is 0 Å². The fourth-order valence-corrected chi connectivity index (χ4v) is 1.83. The van der Waals surface area contributed by atoms with Crippen LogP contribution in [-0.2, 0) is 21.1 Å². The predicted molar refractivity (Wildman–Crippen MR) is 52.1 cm³/mol. The molecule has 0 heterocycles. The first-order valence-electron chi connectivity index (χ1n) is 3.66. The third-order valence-electron chi connectivity index (χ3n) is 1.43. The molecule has 1 aromatic rings. The summed E-state index contributed by atoms with van der Waals surface area (Å²) in [6, 6.07) is 2.87. The normalized spacial score (nSPS) is 12.7. The number of sulfonamides is 1. The Kier molecular flexibility index (Phi) is 6.09. The second kappa shape index (κ2) is 6.08. The van der Waals surface area contributed by atoms with E-state index in [0.29, 0.717) is 0 Å². The standard InChI is InChI=1S/C7H8FNO4S2.Na/c1-15(12,13)9-7-3-2-5(14(10)11)4-6(7)8;/h2-4,9H,1H3,(H,10,11);/q;+1/p-1. The quantitative estimate of drug-likeness (QED) is 0.485. The van der Waals surface area contributed by atoms with E-state index < -0.39 is 26.9 Å². The molecule has 0 saturated heterocycles. The van der Waals surface area contributed by atoms with Crippen LogP contribution in [0.15, 0.2) is 23.1 Å². The molecule has 1 atom stereocenters. The van der Waals surface area contributed by atoms with E-state index in [2.05, 4.69) is 0 Å². The number of benzene rings is 1. The Bertz CT molecular complexity index is 505. The summed E-state index contributed by atoms with van der Waals surface area (Å²) >= 11 is -2.54. The molecule has 5 nitrogen and oxygen atoms in total. The molecule has 1 rings (SSSR count). The number of anilines is 1. The molecule has 1 N–H and O–H groups in total. The monoisotopic (exact) mass is 275 g/mol. The van der Waals surface area contributed by atoms with Gasteiger partial charge in [-0.15, -0.1) is 0 Å². The first kappa shape index (κ1) is 16.0. The summed E-state index contributed by atoms with van der Waals surface area (Å²) in [6.45, 7) is 0. The van der Waals surface area contributed by atoms with E-state index >= 15 is 0 Å². The van der Waals surface area contributed by atoms with Crippen molar-refractivity contribution in [2.24, 2.45) is 0 Å². The zero-order valence-electron chi connectivity index (χ0n) is 8.56. The molecule has 0 radical (unpaired) electrons. The van der Waals surface area contributed by atoms with Gasteiger partial charge in [0.25, 0.3) is 0 Å². The zero-order valence-corrected chi connectivity index (χ0v) is 12.2. The summed E-state index contributed by atoms with van der Waals surface area (Å²) < 4.78 is 57.5. The number of rotatable bonds is 3. The van der Waals surface area contributed by atoms with Gasteiger partial charge in [-0.2, -0.15) is 0 Å². The van der Waals surface area contributed by atoms with Crippen LogP contribution >= 0.6 is 0 Å². The van der Waals surface area contributed by atoms with E-state index in [0.717, 1.165) is 24.5 Å². The summed E-state index contributed by atoms with van der Waals surface area (Å²) in [4.78, 5) is -0.244. The van der Waals surface area contributed by atoms with Gasteiger partial charge < -0.3 is 4.55 Å². The average molecular weight is 275 g/mol. The molecule has 0 spiro atoms. The second-order valence-electron chi connectivity index (χ2n) is 2.75. The van der Waals surface area contributed by atoms with Crippen LogP contribution in [-0.4, -0.2) is 23.4 Å². The summed E-state index contributed by atoms with van der Waals surface area (Å²) in [5.41, 5.74) is -0.285. The Morgan fingerprint density at radius 1 is 1.44 bits per heavy atom. The van der Waals surface area contributed by atoms with E-state index in [4.69, 9.17) is 0 Å². The van der Waals surface area contributed by atoms with Gasteiger partial charge >= 0.3 is 29.6 Å². The van der Waals surface area contributed by atoms with Crippen LogP contribution in [0.5, 0.6) is 0 Å². The van der Waals surface area contributed by atoms with Crippen LogP contribution in [0.4, 0.5) is 10.1 Å². The van der Waals surface area contributed by atoms with Gasteiger partial charge in [0.2, 0.25) is 10.0 Å². The largest absolute Gasteiger partial charge is 1.00 e. The van der Waals surface area contributed by atoms with Gasteiger partial charge in [0, 0.05) is 4.90 Å².